The van der Waals surface area contributed by atoms with Gasteiger partial charge < -0.3 is 20.1 Å². The average molecular weight is 413 g/mol. The summed E-state index contributed by atoms with van der Waals surface area (Å²) in [4.78, 5) is 15.2. The summed E-state index contributed by atoms with van der Waals surface area (Å²) in [5.41, 5.74) is 0.651. The molecule has 4 heterocycles. The van der Waals surface area contributed by atoms with Gasteiger partial charge in [0, 0.05) is 24.7 Å². The topological polar surface area (TPSA) is 80.7 Å². The summed E-state index contributed by atoms with van der Waals surface area (Å²) < 4.78 is 27.6. The van der Waals surface area contributed by atoms with E-state index in [1.807, 2.05) is 20.0 Å². The summed E-state index contributed by atoms with van der Waals surface area (Å²) in [7, 11) is 0. The number of amides is 1. The summed E-state index contributed by atoms with van der Waals surface area (Å²) in [5, 5.41) is 10.8. The standard InChI is InChI=1S/C21H24FN5O3/c1-21(2)12-30-16-8-14(22)5-4-13(16)10-26-6-3-7-29-17-11-27-18(24-19(17)26)15(9-23-27)20(28)25-21/h4-5,8-9,11,19,24H,3,6-7,10,12H2,1-2H3,(H,25,28). The highest BCUT2D eigenvalue weighted by molar-refractivity contribution is 5.99. The zero-order chi connectivity index (χ0) is 20.9. The van der Waals surface area contributed by atoms with Crippen molar-refractivity contribution in [2.75, 3.05) is 25.1 Å². The smallest absolute Gasteiger partial charge is 0.257 e. The van der Waals surface area contributed by atoms with Crippen LogP contribution in [0.5, 0.6) is 5.75 Å². The molecule has 0 aliphatic carbocycles. The summed E-state index contributed by atoms with van der Waals surface area (Å²) in [5.74, 6) is 1.21. The number of hydrogen-bond acceptors (Lipinski definition) is 6. The molecule has 9 heteroatoms. The molecule has 0 spiro atoms. The van der Waals surface area contributed by atoms with Crippen molar-refractivity contribution in [2.24, 2.45) is 0 Å². The van der Waals surface area contributed by atoms with Crippen molar-refractivity contribution in [1.82, 2.24) is 20.0 Å². The van der Waals surface area contributed by atoms with Crippen molar-refractivity contribution in [3.8, 4) is 5.75 Å². The van der Waals surface area contributed by atoms with Gasteiger partial charge in [-0.15, -0.1) is 0 Å². The lowest BCUT2D eigenvalue weighted by molar-refractivity contribution is 0.0881. The molecule has 158 valence electrons. The number of benzene rings is 1. The van der Waals surface area contributed by atoms with Crippen LogP contribution in [0.3, 0.4) is 0 Å². The number of aromatic nitrogens is 2. The first-order valence-electron chi connectivity index (χ1n) is 10.1. The molecule has 30 heavy (non-hydrogen) atoms. The van der Waals surface area contributed by atoms with Gasteiger partial charge in [0.1, 0.15) is 35.7 Å². The number of hydrogen-bond donors (Lipinski definition) is 2. The molecule has 0 saturated carbocycles. The first kappa shape index (κ1) is 18.9. The van der Waals surface area contributed by atoms with Gasteiger partial charge in [0.2, 0.25) is 0 Å². The molecule has 2 bridgehead atoms. The van der Waals surface area contributed by atoms with Crippen molar-refractivity contribution < 1.29 is 18.7 Å². The third kappa shape index (κ3) is 3.39. The van der Waals surface area contributed by atoms with Crippen LogP contribution in [0, 0.1) is 5.82 Å². The van der Waals surface area contributed by atoms with Crippen LogP contribution < -0.4 is 15.4 Å². The number of rotatable bonds is 0. The number of anilines is 1. The van der Waals surface area contributed by atoms with Crippen LogP contribution in [0.25, 0.3) is 6.20 Å². The van der Waals surface area contributed by atoms with Gasteiger partial charge in [0.25, 0.3) is 5.91 Å². The highest BCUT2D eigenvalue weighted by Gasteiger charge is 2.35. The lowest BCUT2D eigenvalue weighted by atomic mass is 10.1. The highest BCUT2D eigenvalue weighted by Crippen LogP contribution is 2.32. The molecule has 0 radical (unpaired) electrons. The molecular weight excluding hydrogens is 389 g/mol. The van der Waals surface area contributed by atoms with Crippen molar-refractivity contribution in [3.05, 3.63) is 47.1 Å². The third-order valence-electron chi connectivity index (χ3n) is 5.50. The summed E-state index contributed by atoms with van der Waals surface area (Å²) >= 11 is 0. The van der Waals surface area contributed by atoms with Gasteiger partial charge in [0.05, 0.1) is 24.5 Å². The minimum absolute atomic E-state index is 0.197. The maximum atomic E-state index is 14.0. The number of fused-ring (bicyclic) bond motifs is 1. The molecule has 1 aromatic heterocycles. The van der Waals surface area contributed by atoms with E-state index in [-0.39, 0.29) is 24.5 Å². The molecule has 1 saturated heterocycles. The van der Waals surface area contributed by atoms with E-state index in [0.29, 0.717) is 30.3 Å². The molecule has 1 fully saturated rings. The number of nitrogens with zero attached hydrogens (tertiary/aromatic N) is 3. The quantitative estimate of drug-likeness (QED) is 0.691. The van der Waals surface area contributed by atoms with Crippen LogP contribution in [0.4, 0.5) is 10.2 Å². The van der Waals surface area contributed by atoms with Crippen LogP contribution in [0.2, 0.25) is 0 Å². The fourth-order valence-electron chi connectivity index (χ4n) is 3.99. The maximum absolute atomic E-state index is 14.0. The van der Waals surface area contributed by atoms with Gasteiger partial charge in [-0.1, -0.05) is 6.07 Å². The largest absolute Gasteiger partial charge is 0.493 e. The number of carbonyl (C=O) groups excluding carboxylic acids is 1. The Morgan fingerprint density at radius 3 is 3.03 bits per heavy atom. The summed E-state index contributed by atoms with van der Waals surface area (Å²) in [6, 6.07) is 4.60. The van der Waals surface area contributed by atoms with E-state index >= 15 is 0 Å². The van der Waals surface area contributed by atoms with Gasteiger partial charge in [0.15, 0.2) is 5.76 Å². The van der Waals surface area contributed by atoms with Crippen LogP contribution >= 0.6 is 0 Å². The molecule has 1 atom stereocenters. The number of ether oxygens (including phenoxy) is 2. The maximum Gasteiger partial charge on any atom is 0.257 e. The molecule has 3 aliphatic heterocycles. The van der Waals surface area contributed by atoms with Crippen molar-refractivity contribution in [1.29, 1.82) is 0 Å². The monoisotopic (exact) mass is 413 g/mol. The first-order chi connectivity index (χ1) is 14.4. The van der Waals surface area contributed by atoms with Crippen molar-refractivity contribution in [2.45, 2.75) is 38.5 Å². The number of nitrogens with one attached hydrogen (secondary N) is 2. The second-order valence-electron chi connectivity index (χ2n) is 8.48. The van der Waals surface area contributed by atoms with Crippen LogP contribution in [0.1, 0.15) is 36.2 Å². The Bertz CT molecular complexity index is 1030. The van der Waals surface area contributed by atoms with Crippen molar-refractivity contribution in [3.63, 3.8) is 0 Å². The van der Waals surface area contributed by atoms with E-state index < -0.39 is 5.54 Å². The molecule has 2 aromatic rings. The Labute approximate surface area is 173 Å². The fraction of sp³-hybridized carbons (Fsp3) is 0.429. The van der Waals surface area contributed by atoms with Gasteiger partial charge >= 0.3 is 0 Å². The van der Waals surface area contributed by atoms with E-state index in [2.05, 4.69) is 20.6 Å². The predicted molar refractivity (Wildman–Crippen MR) is 108 cm³/mol. The van der Waals surface area contributed by atoms with E-state index in [0.717, 1.165) is 24.3 Å². The second-order valence-corrected chi connectivity index (χ2v) is 8.48. The van der Waals surface area contributed by atoms with Crippen LogP contribution in [-0.4, -0.2) is 52.1 Å². The predicted octanol–water partition coefficient (Wildman–Crippen LogP) is 2.40. The summed E-state index contributed by atoms with van der Waals surface area (Å²) in [6.45, 7) is 5.83. The summed E-state index contributed by atoms with van der Waals surface area (Å²) in [6.07, 6.45) is 3.94. The Morgan fingerprint density at radius 1 is 1.30 bits per heavy atom. The molecule has 1 unspecified atom stereocenters. The average Bonchev–Trinajstić information content (AvgIpc) is 3.01. The molecular formula is C21H24FN5O3. The normalized spacial score (nSPS) is 23.0. The Kier molecular flexibility index (Phi) is 4.43. The second kappa shape index (κ2) is 7.02. The van der Waals surface area contributed by atoms with Gasteiger partial charge in [-0.2, -0.15) is 5.10 Å². The molecule has 2 N–H and O–H groups in total. The zero-order valence-corrected chi connectivity index (χ0v) is 16.9. The first-order valence-corrected chi connectivity index (χ1v) is 10.1. The van der Waals surface area contributed by atoms with Crippen LogP contribution in [0.15, 0.2) is 30.2 Å². The molecule has 5 rings (SSSR count). The van der Waals surface area contributed by atoms with Gasteiger partial charge in [-0.3, -0.25) is 9.69 Å². The molecule has 3 aliphatic rings. The minimum atomic E-state index is -0.674. The zero-order valence-electron chi connectivity index (χ0n) is 16.9. The lowest BCUT2D eigenvalue weighted by Gasteiger charge is -2.34. The molecule has 8 nitrogen and oxygen atoms in total. The molecule has 1 aromatic carbocycles. The number of halogens is 1. The molecule has 1 amide bonds. The van der Waals surface area contributed by atoms with Crippen LogP contribution in [-0.2, 0) is 11.3 Å². The Balaban J connectivity index is 1.62. The Morgan fingerprint density at radius 2 is 2.17 bits per heavy atom. The highest BCUT2D eigenvalue weighted by atomic mass is 19.1. The van der Waals surface area contributed by atoms with E-state index in [1.54, 1.807) is 16.9 Å². The SMILES string of the molecule is CC1(C)COc2cc(F)ccc2CN2CCCOC3=Cn4ncc(c4NC32)C(=O)N1. The van der Waals surface area contributed by atoms with E-state index in [9.17, 15) is 9.18 Å². The van der Waals surface area contributed by atoms with Crippen molar-refractivity contribution >= 4 is 17.9 Å². The van der Waals surface area contributed by atoms with E-state index in [1.165, 1.54) is 12.1 Å². The van der Waals surface area contributed by atoms with Gasteiger partial charge in [-0.25, -0.2) is 9.07 Å². The number of carbonyl (C=O) groups is 1. The fourth-order valence-corrected chi connectivity index (χ4v) is 3.99. The lowest BCUT2D eigenvalue weighted by Crippen LogP contribution is -2.48. The third-order valence-corrected chi connectivity index (χ3v) is 5.50. The Hall–Kier alpha value is -3.07. The minimum Gasteiger partial charge on any atom is -0.493 e. The van der Waals surface area contributed by atoms with Gasteiger partial charge in [-0.05, 0) is 26.3 Å². The van der Waals surface area contributed by atoms with E-state index in [4.69, 9.17) is 9.47 Å².